The average molecular weight is 457 g/mol. The Bertz CT molecular complexity index is 1360. The molecule has 0 bridgehead atoms. The van der Waals surface area contributed by atoms with Crippen molar-refractivity contribution < 1.29 is 4.79 Å². The van der Waals surface area contributed by atoms with Gasteiger partial charge in [-0.15, -0.1) is 10.2 Å². The van der Waals surface area contributed by atoms with Gasteiger partial charge in [0.05, 0.1) is 11.3 Å². The highest BCUT2D eigenvalue weighted by atomic mass is 32.2. The lowest BCUT2D eigenvalue weighted by Gasteiger charge is -2.13. The minimum absolute atomic E-state index is 0.142. The molecule has 2 aromatic carbocycles. The Balaban J connectivity index is 1.55. The van der Waals surface area contributed by atoms with Crippen LogP contribution in [0.4, 0.5) is 5.82 Å². The lowest BCUT2D eigenvalue weighted by Crippen LogP contribution is -2.18. The van der Waals surface area contributed by atoms with Crippen molar-refractivity contribution in [3.63, 3.8) is 0 Å². The van der Waals surface area contributed by atoms with E-state index in [0.29, 0.717) is 16.5 Å². The maximum atomic E-state index is 12.9. The molecule has 0 aliphatic rings. The first-order chi connectivity index (χ1) is 15.9. The van der Waals surface area contributed by atoms with Crippen molar-refractivity contribution in [2.45, 2.75) is 25.9 Å². The standard InChI is InChI=1S/C25H24N6OS/c1-16-10-8-9-13-20(16)24-28-29-25(30(24)4)33-15-22(32)27-23-21(14-26)17(2)18(3)31(23)19-11-6-5-7-12-19/h5-13H,15H2,1-4H3,(H,27,32). The van der Waals surface area contributed by atoms with Gasteiger partial charge in [-0.2, -0.15) is 5.26 Å². The number of thioether (sulfide) groups is 1. The van der Waals surface area contributed by atoms with Gasteiger partial charge in [-0.25, -0.2) is 0 Å². The van der Waals surface area contributed by atoms with Crippen molar-refractivity contribution in [3.8, 4) is 23.1 Å². The maximum absolute atomic E-state index is 12.9. The van der Waals surface area contributed by atoms with Crippen LogP contribution in [-0.2, 0) is 11.8 Å². The van der Waals surface area contributed by atoms with E-state index in [0.717, 1.165) is 33.9 Å². The van der Waals surface area contributed by atoms with Crippen LogP contribution in [0.5, 0.6) is 0 Å². The molecule has 0 unspecified atom stereocenters. The van der Waals surface area contributed by atoms with Crippen molar-refractivity contribution in [3.05, 3.63) is 77.0 Å². The third-order valence-electron chi connectivity index (χ3n) is 5.65. The molecule has 0 aliphatic carbocycles. The van der Waals surface area contributed by atoms with Crippen LogP contribution in [0.25, 0.3) is 17.1 Å². The van der Waals surface area contributed by atoms with Gasteiger partial charge in [0.2, 0.25) is 5.91 Å². The summed E-state index contributed by atoms with van der Waals surface area (Å²) in [5, 5.41) is 21.9. The number of hydrogen-bond donors (Lipinski definition) is 1. The van der Waals surface area contributed by atoms with Gasteiger partial charge in [-0.3, -0.25) is 9.36 Å². The molecule has 1 N–H and O–H groups in total. The van der Waals surface area contributed by atoms with Crippen LogP contribution in [0.3, 0.4) is 0 Å². The Kier molecular flexibility index (Phi) is 6.33. The molecular formula is C25H24N6OS. The fourth-order valence-corrected chi connectivity index (χ4v) is 4.47. The summed E-state index contributed by atoms with van der Waals surface area (Å²) in [5.74, 6) is 1.17. The fraction of sp³-hybridized carbons (Fsp3) is 0.200. The van der Waals surface area contributed by atoms with Crippen molar-refractivity contribution in [2.75, 3.05) is 11.1 Å². The van der Waals surface area contributed by atoms with Crippen LogP contribution in [-0.4, -0.2) is 31.0 Å². The molecule has 0 spiro atoms. The third kappa shape index (κ3) is 4.28. The van der Waals surface area contributed by atoms with E-state index >= 15 is 0 Å². The summed E-state index contributed by atoms with van der Waals surface area (Å²) in [6.07, 6.45) is 0. The lowest BCUT2D eigenvalue weighted by molar-refractivity contribution is -0.113. The topological polar surface area (TPSA) is 88.5 Å². The molecule has 0 saturated carbocycles. The second-order valence-corrected chi connectivity index (χ2v) is 8.68. The summed E-state index contributed by atoms with van der Waals surface area (Å²) in [4.78, 5) is 12.9. The number of anilines is 1. The second-order valence-electron chi connectivity index (χ2n) is 7.73. The Morgan fingerprint density at radius 2 is 1.76 bits per heavy atom. The van der Waals surface area contributed by atoms with E-state index in [9.17, 15) is 10.1 Å². The van der Waals surface area contributed by atoms with Gasteiger partial charge in [0.1, 0.15) is 11.9 Å². The minimum atomic E-state index is -0.216. The van der Waals surface area contributed by atoms with E-state index in [4.69, 9.17) is 0 Å². The SMILES string of the molecule is Cc1ccccc1-c1nnc(SCC(=O)Nc2c(C#N)c(C)c(C)n2-c2ccccc2)n1C. The number of aromatic nitrogens is 4. The number of carbonyl (C=O) groups excluding carboxylic acids is 1. The number of carbonyl (C=O) groups is 1. The van der Waals surface area contributed by atoms with Crippen molar-refractivity contribution >= 4 is 23.5 Å². The van der Waals surface area contributed by atoms with Crippen LogP contribution in [0.15, 0.2) is 59.8 Å². The summed E-state index contributed by atoms with van der Waals surface area (Å²) >= 11 is 1.31. The largest absolute Gasteiger partial charge is 0.310 e. The summed E-state index contributed by atoms with van der Waals surface area (Å²) in [5.41, 5.74) is 5.24. The molecule has 166 valence electrons. The molecule has 0 aliphatic heterocycles. The highest BCUT2D eigenvalue weighted by Gasteiger charge is 2.21. The molecule has 33 heavy (non-hydrogen) atoms. The van der Waals surface area contributed by atoms with E-state index in [1.54, 1.807) is 0 Å². The summed E-state index contributed by atoms with van der Waals surface area (Å²) < 4.78 is 3.80. The van der Waals surface area contributed by atoms with Gasteiger partial charge in [0, 0.05) is 24.0 Å². The van der Waals surface area contributed by atoms with Crippen LogP contribution in [0.1, 0.15) is 22.4 Å². The van der Waals surface area contributed by atoms with Crippen molar-refractivity contribution in [1.29, 1.82) is 5.26 Å². The van der Waals surface area contributed by atoms with Crippen molar-refractivity contribution in [1.82, 2.24) is 19.3 Å². The van der Waals surface area contributed by atoms with E-state index < -0.39 is 0 Å². The highest BCUT2D eigenvalue weighted by molar-refractivity contribution is 7.99. The number of rotatable bonds is 6. The van der Waals surface area contributed by atoms with Crippen LogP contribution in [0, 0.1) is 32.1 Å². The molecule has 0 saturated heterocycles. The van der Waals surface area contributed by atoms with E-state index in [2.05, 4.69) is 21.6 Å². The smallest absolute Gasteiger partial charge is 0.236 e. The second kappa shape index (κ2) is 9.35. The molecule has 0 fully saturated rings. The summed E-state index contributed by atoms with van der Waals surface area (Å²) in [6, 6.07) is 19.9. The van der Waals surface area contributed by atoms with E-state index in [1.165, 1.54) is 11.8 Å². The Morgan fingerprint density at radius 3 is 2.45 bits per heavy atom. The van der Waals surface area contributed by atoms with Crippen LogP contribution < -0.4 is 5.32 Å². The third-order valence-corrected chi connectivity index (χ3v) is 6.67. The number of benzene rings is 2. The number of amides is 1. The molecule has 4 aromatic rings. The minimum Gasteiger partial charge on any atom is -0.310 e. The molecular weight excluding hydrogens is 432 g/mol. The van der Waals surface area contributed by atoms with E-state index in [1.807, 2.05) is 91.6 Å². The molecule has 2 aromatic heterocycles. The summed E-state index contributed by atoms with van der Waals surface area (Å²) in [6.45, 7) is 5.87. The number of hydrogen-bond acceptors (Lipinski definition) is 5. The lowest BCUT2D eigenvalue weighted by atomic mass is 10.1. The molecule has 0 radical (unpaired) electrons. The molecule has 4 rings (SSSR count). The van der Waals surface area contributed by atoms with Gasteiger partial charge < -0.3 is 9.88 Å². The molecule has 7 nitrogen and oxygen atoms in total. The molecule has 1 amide bonds. The van der Waals surface area contributed by atoms with Gasteiger partial charge in [-0.1, -0.05) is 54.2 Å². The first kappa shape index (κ1) is 22.4. The Hall–Kier alpha value is -3.83. The zero-order valence-electron chi connectivity index (χ0n) is 19.0. The first-order valence-electron chi connectivity index (χ1n) is 10.5. The molecule has 2 heterocycles. The number of aryl methyl sites for hydroxylation is 1. The zero-order valence-corrected chi connectivity index (χ0v) is 19.8. The number of para-hydroxylation sites is 1. The van der Waals surface area contributed by atoms with Gasteiger partial charge in [0.25, 0.3) is 0 Å². The number of nitrogens with one attached hydrogen (secondary N) is 1. The number of nitrogens with zero attached hydrogens (tertiary/aromatic N) is 5. The Morgan fingerprint density at radius 1 is 1.06 bits per heavy atom. The molecule has 8 heteroatoms. The molecule has 0 atom stereocenters. The zero-order chi connectivity index (χ0) is 23.5. The first-order valence-corrected chi connectivity index (χ1v) is 11.5. The predicted octanol–water partition coefficient (Wildman–Crippen LogP) is 4.80. The predicted molar refractivity (Wildman–Crippen MR) is 130 cm³/mol. The van der Waals surface area contributed by atoms with Crippen LogP contribution in [0.2, 0.25) is 0 Å². The highest BCUT2D eigenvalue weighted by Crippen LogP contribution is 2.30. The fourth-order valence-electron chi connectivity index (χ4n) is 3.76. The summed E-state index contributed by atoms with van der Waals surface area (Å²) in [7, 11) is 1.89. The normalized spacial score (nSPS) is 10.8. The van der Waals surface area contributed by atoms with Gasteiger partial charge in [0.15, 0.2) is 11.0 Å². The van der Waals surface area contributed by atoms with Gasteiger partial charge >= 0.3 is 0 Å². The van der Waals surface area contributed by atoms with E-state index in [-0.39, 0.29) is 11.7 Å². The van der Waals surface area contributed by atoms with Gasteiger partial charge in [-0.05, 0) is 44.0 Å². The van der Waals surface area contributed by atoms with Crippen LogP contribution >= 0.6 is 11.8 Å². The average Bonchev–Trinajstić information content (AvgIpc) is 3.29. The monoisotopic (exact) mass is 456 g/mol. The Labute approximate surface area is 197 Å². The number of nitriles is 1. The quantitative estimate of drug-likeness (QED) is 0.421. The maximum Gasteiger partial charge on any atom is 0.236 e. The van der Waals surface area contributed by atoms with Crippen molar-refractivity contribution in [2.24, 2.45) is 7.05 Å².